The van der Waals surface area contributed by atoms with Gasteiger partial charge < -0.3 is 15.2 Å². The zero-order valence-electron chi connectivity index (χ0n) is 20.1. The van der Waals surface area contributed by atoms with Crippen LogP contribution in [-0.2, 0) is 22.1 Å². The summed E-state index contributed by atoms with van der Waals surface area (Å²) in [5.74, 6) is 0.919. The lowest BCUT2D eigenvalue weighted by Gasteiger charge is -2.39. The van der Waals surface area contributed by atoms with Crippen molar-refractivity contribution in [3.63, 3.8) is 0 Å². The minimum Gasteiger partial charge on any atom is -0.493 e. The van der Waals surface area contributed by atoms with Gasteiger partial charge in [-0.15, -0.1) is 0 Å². The third kappa shape index (κ3) is 4.27. The molecule has 3 heterocycles. The molecule has 10 nitrogen and oxygen atoms in total. The molecule has 1 fully saturated rings. The number of aromatic nitrogens is 2. The Hall–Kier alpha value is -2.63. The van der Waals surface area contributed by atoms with E-state index in [0.717, 1.165) is 12.2 Å². The first-order valence-electron chi connectivity index (χ1n) is 11.7. The number of sulfonamides is 1. The number of hydrogen-bond donors (Lipinski definition) is 3. The zero-order valence-corrected chi connectivity index (χ0v) is 20.9. The lowest BCUT2D eigenvalue weighted by molar-refractivity contribution is 0.0873. The van der Waals surface area contributed by atoms with Crippen molar-refractivity contribution in [3.05, 3.63) is 41.0 Å². The van der Waals surface area contributed by atoms with Crippen molar-refractivity contribution in [1.82, 2.24) is 19.3 Å². The standard InChI is InChI=1S/C23H33N5O5S/c1-5-7-20-24-15(3)21-22(30)25-23(4,26-28(20)21)18-14-17(8-9-19(18)33-6-2)34(31,32)27-12-10-16(29)11-13-27/h8-9,14,16,26,29H,5-7,10-13H2,1-4H3,(H,25,30). The Morgan fingerprint density at radius 3 is 2.62 bits per heavy atom. The van der Waals surface area contributed by atoms with Gasteiger partial charge in [0.1, 0.15) is 11.6 Å². The van der Waals surface area contributed by atoms with Gasteiger partial charge in [0.25, 0.3) is 5.91 Å². The number of fused-ring (bicyclic) bond motifs is 1. The predicted octanol–water partition coefficient (Wildman–Crippen LogP) is 1.85. The van der Waals surface area contributed by atoms with Gasteiger partial charge in [-0.2, -0.15) is 4.31 Å². The summed E-state index contributed by atoms with van der Waals surface area (Å²) >= 11 is 0. The molecule has 4 rings (SSSR count). The number of benzene rings is 1. The summed E-state index contributed by atoms with van der Waals surface area (Å²) in [5, 5.41) is 12.8. The quantitative estimate of drug-likeness (QED) is 0.540. The third-order valence-corrected chi connectivity index (χ3v) is 8.25. The lowest BCUT2D eigenvalue weighted by Crippen LogP contribution is -2.58. The van der Waals surface area contributed by atoms with E-state index in [9.17, 15) is 18.3 Å². The van der Waals surface area contributed by atoms with Crippen LogP contribution in [0.4, 0.5) is 0 Å². The number of imidazole rings is 1. The summed E-state index contributed by atoms with van der Waals surface area (Å²) in [6.45, 7) is 8.36. The molecule has 186 valence electrons. The molecule has 3 N–H and O–H groups in total. The highest BCUT2D eigenvalue weighted by Crippen LogP contribution is 2.35. The van der Waals surface area contributed by atoms with Crippen molar-refractivity contribution >= 4 is 15.9 Å². The molecule has 2 aromatic rings. The molecule has 1 atom stereocenters. The van der Waals surface area contributed by atoms with Gasteiger partial charge in [0.05, 0.1) is 23.3 Å². The number of aliphatic hydroxyl groups excluding tert-OH is 1. The maximum Gasteiger partial charge on any atom is 0.273 e. The van der Waals surface area contributed by atoms with Crippen LogP contribution in [0.2, 0.25) is 0 Å². The van der Waals surface area contributed by atoms with Crippen LogP contribution in [0.15, 0.2) is 23.1 Å². The number of nitrogens with one attached hydrogen (secondary N) is 2. The van der Waals surface area contributed by atoms with E-state index >= 15 is 0 Å². The molecule has 0 saturated carbocycles. The van der Waals surface area contributed by atoms with E-state index in [2.05, 4.69) is 15.7 Å². The molecule has 34 heavy (non-hydrogen) atoms. The van der Waals surface area contributed by atoms with E-state index in [-0.39, 0.29) is 23.9 Å². The monoisotopic (exact) mass is 491 g/mol. The number of ether oxygens (including phenoxy) is 1. The molecule has 1 amide bonds. The fourth-order valence-electron chi connectivity index (χ4n) is 4.60. The summed E-state index contributed by atoms with van der Waals surface area (Å²) in [4.78, 5) is 17.8. The normalized spacial score (nSPS) is 21.6. The van der Waals surface area contributed by atoms with Crippen LogP contribution in [0.3, 0.4) is 0 Å². The van der Waals surface area contributed by atoms with Crippen LogP contribution < -0.4 is 15.5 Å². The Morgan fingerprint density at radius 1 is 1.26 bits per heavy atom. The molecule has 0 radical (unpaired) electrons. The molecule has 11 heteroatoms. The Morgan fingerprint density at radius 2 is 1.97 bits per heavy atom. The van der Waals surface area contributed by atoms with Gasteiger partial charge in [-0.1, -0.05) is 6.92 Å². The van der Waals surface area contributed by atoms with Crippen molar-refractivity contribution in [2.75, 3.05) is 25.1 Å². The van der Waals surface area contributed by atoms with Crippen LogP contribution in [0.1, 0.15) is 67.6 Å². The molecule has 1 saturated heterocycles. The van der Waals surface area contributed by atoms with E-state index < -0.39 is 21.8 Å². The minimum atomic E-state index is -3.78. The average Bonchev–Trinajstić information content (AvgIpc) is 3.09. The lowest BCUT2D eigenvalue weighted by atomic mass is 9.99. The first-order valence-corrected chi connectivity index (χ1v) is 13.2. The van der Waals surface area contributed by atoms with Gasteiger partial charge in [0, 0.05) is 25.1 Å². The highest BCUT2D eigenvalue weighted by molar-refractivity contribution is 7.89. The van der Waals surface area contributed by atoms with Crippen molar-refractivity contribution in [3.8, 4) is 5.75 Å². The first-order chi connectivity index (χ1) is 16.1. The minimum absolute atomic E-state index is 0.112. The Bertz CT molecular complexity index is 1190. The maximum atomic E-state index is 13.4. The van der Waals surface area contributed by atoms with Crippen LogP contribution in [0.25, 0.3) is 0 Å². The van der Waals surface area contributed by atoms with E-state index in [0.29, 0.717) is 48.6 Å². The summed E-state index contributed by atoms with van der Waals surface area (Å²) in [6, 6.07) is 4.72. The second-order valence-corrected chi connectivity index (χ2v) is 10.9. The van der Waals surface area contributed by atoms with E-state index in [1.807, 2.05) is 13.8 Å². The fraction of sp³-hybridized carbons (Fsp3) is 0.565. The molecular weight excluding hydrogens is 458 g/mol. The number of carbonyl (C=O) groups is 1. The molecule has 0 bridgehead atoms. The number of hydrogen-bond acceptors (Lipinski definition) is 7. The van der Waals surface area contributed by atoms with E-state index in [4.69, 9.17) is 4.74 Å². The van der Waals surface area contributed by atoms with Crippen LogP contribution in [-0.4, -0.2) is 59.2 Å². The van der Waals surface area contributed by atoms with Gasteiger partial charge in [0.15, 0.2) is 11.4 Å². The van der Waals surface area contributed by atoms with Crippen molar-refractivity contribution in [1.29, 1.82) is 0 Å². The van der Waals surface area contributed by atoms with Gasteiger partial charge in [-0.25, -0.2) is 18.1 Å². The molecule has 0 spiro atoms. The number of piperidine rings is 1. The van der Waals surface area contributed by atoms with Crippen molar-refractivity contribution < 1.29 is 23.1 Å². The third-order valence-electron chi connectivity index (χ3n) is 6.36. The summed E-state index contributed by atoms with van der Waals surface area (Å²) in [5.41, 5.74) is 3.78. The number of carbonyl (C=O) groups excluding carboxylic acids is 1. The smallest absolute Gasteiger partial charge is 0.273 e. The number of amides is 1. The predicted molar refractivity (Wildman–Crippen MR) is 127 cm³/mol. The van der Waals surface area contributed by atoms with Crippen molar-refractivity contribution in [2.24, 2.45) is 0 Å². The Balaban J connectivity index is 1.78. The largest absolute Gasteiger partial charge is 0.493 e. The number of nitrogens with zero attached hydrogens (tertiary/aromatic N) is 3. The molecule has 2 aliphatic rings. The van der Waals surface area contributed by atoms with Crippen molar-refractivity contribution in [2.45, 2.75) is 70.0 Å². The molecule has 2 aliphatic heterocycles. The number of aliphatic hydroxyl groups is 1. The van der Waals surface area contributed by atoms with Gasteiger partial charge >= 0.3 is 0 Å². The summed E-state index contributed by atoms with van der Waals surface area (Å²) in [6.07, 6.45) is 1.87. The topological polar surface area (TPSA) is 126 Å². The van der Waals surface area contributed by atoms with E-state index in [1.165, 1.54) is 10.4 Å². The molecule has 1 aromatic carbocycles. The summed E-state index contributed by atoms with van der Waals surface area (Å²) < 4.78 is 35.7. The average molecular weight is 492 g/mol. The zero-order chi connectivity index (χ0) is 24.7. The molecule has 0 aliphatic carbocycles. The first kappa shape index (κ1) is 24.5. The van der Waals surface area contributed by atoms with Gasteiger partial charge in [0.2, 0.25) is 10.0 Å². The molecule has 1 aromatic heterocycles. The number of aryl methyl sites for hydroxylation is 2. The van der Waals surface area contributed by atoms with Gasteiger partial charge in [-0.05, 0) is 58.2 Å². The van der Waals surface area contributed by atoms with Gasteiger partial charge in [-0.3, -0.25) is 10.2 Å². The van der Waals surface area contributed by atoms with E-state index in [1.54, 1.807) is 30.7 Å². The highest BCUT2D eigenvalue weighted by atomic mass is 32.2. The fourth-order valence-corrected chi connectivity index (χ4v) is 6.10. The maximum absolute atomic E-state index is 13.4. The van der Waals surface area contributed by atoms with Crippen LogP contribution in [0, 0.1) is 6.92 Å². The number of rotatable bonds is 7. The SMILES string of the molecule is CCCc1nc(C)c2n1NC(C)(c1cc(S(=O)(=O)N3CCC(O)CC3)ccc1OCC)NC2=O. The second-order valence-electron chi connectivity index (χ2n) is 8.96. The van der Waals surface area contributed by atoms with Crippen LogP contribution in [0.5, 0.6) is 5.75 Å². The molecular formula is C23H33N5O5S. The summed E-state index contributed by atoms with van der Waals surface area (Å²) in [7, 11) is -3.78. The Kier molecular flexibility index (Phi) is 6.63. The molecule has 1 unspecified atom stereocenters. The Labute approximate surface area is 200 Å². The second kappa shape index (κ2) is 9.20. The van der Waals surface area contributed by atoms with Crippen LogP contribution >= 0.6 is 0 Å². The highest BCUT2D eigenvalue weighted by Gasteiger charge is 2.41.